The zero-order chi connectivity index (χ0) is 21.1. The molecule has 0 bridgehead atoms. The highest BCUT2D eigenvalue weighted by atomic mass is 79.9. The average molecular weight is 454 g/mol. The number of carbonyl (C=O) groups is 3. The number of imide groups is 2. The number of hydrogen-bond donors (Lipinski definition) is 1. The van der Waals surface area contributed by atoms with Gasteiger partial charge < -0.3 is 4.74 Å². The predicted molar refractivity (Wildman–Crippen MR) is 110 cm³/mol. The first kappa shape index (κ1) is 20.3. The standard InChI is InChI=1S/C21H16BrN3O4/c1-12-3-5-15(9-13(12)2)25-20(27)16(19(26)24-21(25)28)10-14-4-6-18(17(22)11-14)29-8-7-23/h3-6,9-11H,8H2,1-2H3,(H,24,26,28)/b16-10+. The third-order valence-electron chi connectivity index (χ3n) is 4.41. The Bertz CT molecular complexity index is 1100. The third kappa shape index (κ3) is 4.20. The largest absolute Gasteiger partial charge is 0.478 e. The van der Waals surface area contributed by atoms with Crippen LogP contribution in [-0.4, -0.2) is 24.5 Å². The molecular formula is C21H16BrN3O4. The summed E-state index contributed by atoms with van der Waals surface area (Å²) in [5.41, 5.74) is 2.71. The molecule has 0 saturated carbocycles. The zero-order valence-electron chi connectivity index (χ0n) is 15.7. The van der Waals surface area contributed by atoms with E-state index in [1.165, 1.54) is 6.08 Å². The van der Waals surface area contributed by atoms with Crippen molar-refractivity contribution in [1.29, 1.82) is 5.26 Å². The van der Waals surface area contributed by atoms with Crippen LogP contribution in [0.4, 0.5) is 10.5 Å². The zero-order valence-corrected chi connectivity index (χ0v) is 17.2. The molecule has 7 nitrogen and oxygen atoms in total. The SMILES string of the molecule is Cc1ccc(N2C(=O)NC(=O)/C(=C\c3ccc(OCC#N)c(Br)c3)C2=O)cc1C. The summed E-state index contributed by atoms with van der Waals surface area (Å²) in [7, 11) is 0. The molecule has 0 unspecified atom stereocenters. The second-order valence-electron chi connectivity index (χ2n) is 6.36. The maximum atomic E-state index is 12.9. The quantitative estimate of drug-likeness (QED) is 0.562. The minimum absolute atomic E-state index is 0.104. The maximum absolute atomic E-state index is 12.9. The molecule has 0 radical (unpaired) electrons. The van der Waals surface area contributed by atoms with Crippen molar-refractivity contribution in [2.24, 2.45) is 0 Å². The van der Waals surface area contributed by atoms with E-state index in [0.29, 0.717) is 21.5 Å². The summed E-state index contributed by atoms with van der Waals surface area (Å²) < 4.78 is 5.82. The van der Waals surface area contributed by atoms with Gasteiger partial charge in [-0.2, -0.15) is 5.26 Å². The Morgan fingerprint density at radius 3 is 2.55 bits per heavy atom. The number of benzene rings is 2. The Hall–Kier alpha value is -3.44. The maximum Gasteiger partial charge on any atom is 0.335 e. The number of rotatable bonds is 4. The molecule has 1 N–H and O–H groups in total. The van der Waals surface area contributed by atoms with E-state index < -0.39 is 17.8 Å². The van der Waals surface area contributed by atoms with Gasteiger partial charge in [-0.05, 0) is 76.8 Å². The van der Waals surface area contributed by atoms with Gasteiger partial charge in [0, 0.05) is 0 Å². The summed E-state index contributed by atoms with van der Waals surface area (Å²) in [5, 5.41) is 10.8. The Kier molecular flexibility index (Phi) is 5.80. The molecule has 1 aliphatic heterocycles. The normalized spacial score (nSPS) is 15.3. The summed E-state index contributed by atoms with van der Waals surface area (Å²) >= 11 is 3.33. The topological polar surface area (TPSA) is 99.5 Å². The lowest BCUT2D eigenvalue weighted by atomic mass is 10.1. The Balaban J connectivity index is 1.96. The van der Waals surface area contributed by atoms with Crippen LogP contribution in [0.15, 0.2) is 46.4 Å². The third-order valence-corrected chi connectivity index (χ3v) is 5.03. The number of amides is 4. The molecule has 1 aliphatic rings. The first-order valence-electron chi connectivity index (χ1n) is 8.60. The smallest absolute Gasteiger partial charge is 0.335 e. The van der Waals surface area contributed by atoms with Gasteiger partial charge in [0.1, 0.15) is 17.4 Å². The minimum Gasteiger partial charge on any atom is -0.478 e. The summed E-state index contributed by atoms with van der Waals surface area (Å²) in [6.45, 7) is 3.70. The summed E-state index contributed by atoms with van der Waals surface area (Å²) in [6, 6.07) is 11.2. The number of carbonyl (C=O) groups excluding carboxylic acids is 3. The molecular weight excluding hydrogens is 438 g/mol. The fourth-order valence-electron chi connectivity index (χ4n) is 2.76. The van der Waals surface area contributed by atoms with E-state index in [4.69, 9.17) is 10.00 Å². The highest BCUT2D eigenvalue weighted by Gasteiger charge is 2.36. The van der Waals surface area contributed by atoms with Crippen LogP contribution in [0.5, 0.6) is 5.75 Å². The first-order valence-corrected chi connectivity index (χ1v) is 9.39. The van der Waals surface area contributed by atoms with Crippen LogP contribution in [0, 0.1) is 25.2 Å². The molecule has 146 valence electrons. The first-order chi connectivity index (χ1) is 13.8. The lowest BCUT2D eigenvalue weighted by Crippen LogP contribution is -2.54. The lowest BCUT2D eigenvalue weighted by Gasteiger charge is -2.26. The molecule has 1 heterocycles. The second-order valence-corrected chi connectivity index (χ2v) is 7.22. The van der Waals surface area contributed by atoms with Crippen molar-refractivity contribution in [3.8, 4) is 11.8 Å². The van der Waals surface area contributed by atoms with Crippen LogP contribution in [0.3, 0.4) is 0 Å². The van der Waals surface area contributed by atoms with Crippen LogP contribution >= 0.6 is 15.9 Å². The van der Waals surface area contributed by atoms with Crippen LogP contribution in [0.1, 0.15) is 16.7 Å². The monoisotopic (exact) mass is 453 g/mol. The van der Waals surface area contributed by atoms with E-state index in [1.54, 1.807) is 30.3 Å². The van der Waals surface area contributed by atoms with Crippen LogP contribution < -0.4 is 15.0 Å². The fraction of sp³-hybridized carbons (Fsp3) is 0.143. The molecule has 1 fully saturated rings. The van der Waals surface area contributed by atoms with E-state index >= 15 is 0 Å². The number of hydrogen-bond acceptors (Lipinski definition) is 5. The highest BCUT2D eigenvalue weighted by Crippen LogP contribution is 2.28. The van der Waals surface area contributed by atoms with Crippen molar-refractivity contribution < 1.29 is 19.1 Å². The van der Waals surface area contributed by atoms with Gasteiger partial charge in [-0.25, -0.2) is 9.69 Å². The number of nitrogens with zero attached hydrogens (tertiary/aromatic N) is 2. The van der Waals surface area contributed by atoms with Gasteiger partial charge in [0.15, 0.2) is 6.61 Å². The molecule has 0 atom stereocenters. The number of halogens is 1. The van der Waals surface area contributed by atoms with E-state index in [0.717, 1.165) is 16.0 Å². The van der Waals surface area contributed by atoms with Crippen molar-refractivity contribution in [2.45, 2.75) is 13.8 Å². The molecule has 0 aromatic heterocycles. The minimum atomic E-state index is -0.790. The Morgan fingerprint density at radius 2 is 1.90 bits per heavy atom. The highest BCUT2D eigenvalue weighted by molar-refractivity contribution is 9.10. The van der Waals surface area contributed by atoms with E-state index in [-0.39, 0.29) is 12.2 Å². The van der Waals surface area contributed by atoms with Gasteiger partial charge in [0.25, 0.3) is 11.8 Å². The molecule has 1 saturated heterocycles. The summed E-state index contributed by atoms with van der Waals surface area (Å²) in [6.07, 6.45) is 1.40. The van der Waals surface area contributed by atoms with E-state index in [1.807, 2.05) is 26.0 Å². The van der Waals surface area contributed by atoms with Gasteiger partial charge in [0.05, 0.1) is 10.2 Å². The van der Waals surface area contributed by atoms with Gasteiger partial charge in [0.2, 0.25) is 0 Å². The molecule has 0 spiro atoms. The van der Waals surface area contributed by atoms with Gasteiger partial charge >= 0.3 is 6.03 Å². The van der Waals surface area contributed by atoms with Crippen molar-refractivity contribution in [3.05, 3.63) is 63.1 Å². The number of urea groups is 1. The molecule has 3 rings (SSSR count). The van der Waals surface area contributed by atoms with E-state index in [9.17, 15) is 14.4 Å². The van der Waals surface area contributed by atoms with Crippen molar-refractivity contribution in [3.63, 3.8) is 0 Å². The number of barbiturate groups is 1. The summed E-state index contributed by atoms with van der Waals surface area (Å²) in [4.78, 5) is 38.5. The average Bonchev–Trinajstić information content (AvgIpc) is 2.67. The van der Waals surface area contributed by atoms with Crippen molar-refractivity contribution >= 4 is 45.5 Å². The predicted octanol–water partition coefficient (Wildman–Crippen LogP) is 3.63. The second kappa shape index (κ2) is 8.29. The van der Waals surface area contributed by atoms with Crippen molar-refractivity contribution in [2.75, 3.05) is 11.5 Å². The molecule has 8 heteroatoms. The van der Waals surface area contributed by atoms with Gasteiger partial charge in [-0.15, -0.1) is 0 Å². The Morgan fingerprint density at radius 1 is 1.14 bits per heavy atom. The molecule has 2 aromatic rings. The van der Waals surface area contributed by atoms with E-state index in [2.05, 4.69) is 21.2 Å². The Labute approximate surface area is 175 Å². The van der Waals surface area contributed by atoms with Crippen LogP contribution in [0.25, 0.3) is 6.08 Å². The molecule has 2 aromatic carbocycles. The van der Waals surface area contributed by atoms with Crippen LogP contribution in [0.2, 0.25) is 0 Å². The molecule has 4 amide bonds. The number of nitrogens with one attached hydrogen (secondary N) is 1. The van der Waals surface area contributed by atoms with Gasteiger partial charge in [-0.3, -0.25) is 14.9 Å². The number of aryl methyl sites for hydroxylation is 2. The molecule has 0 aliphatic carbocycles. The van der Waals surface area contributed by atoms with Crippen LogP contribution in [-0.2, 0) is 9.59 Å². The number of ether oxygens (including phenoxy) is 1. The fourth-order valence-corrected chi connectivity index (χ4v) is 3.27. The van der Waals surface area contributed by atoms with Crippen molar-refractivity contribution in [1.82, 2.24) is 5.32 Å². The number of anilines is 1. The molecule has 29 heavy (non-hydrogen) atoms. The van der Waals surface area contributed by atoms with Gasteiger partial charge in [-0.1, -0.05) is 12.1 Å². The lowest BCUT2D eigenvalue weighted by molar-refractivity contribution is -0.122. The number of nitriles is 1. The summed E-state index contributed by atoms with van der Waals surface area (Å²) in [5.74, 6) is -1.01.